The van der Waals surface area contributed by atoms with Crippen molar-refractivity contribution in [2.45, 2.75) is 12.8 Å². The molecule has 1 heterocycles. The van der Waals surface area contributed by atoms with Crippen LogP contribution in [-0.2, 0) is 6.42 Å². The van der Waals surface area contributed by atoms with Gasteiger partial charge in [0.05, 0.1) is 22.5 Å². The minimum Gasteiger partial charge on any atom is -0.370 e. The number of halogens is 1. The number of carbonyl (C=O) groups excluding carboxylic acids is 1. The molecule has 1 aromatic heterocycles. The van der Waals surface area contributed by atoms with Gasteiger partial charge in [0.15, 0.2) is 0 Å². The summed E-state index contributed by atoms with van der Waals surface area (Å²) >= 11 is 6.04. The van der Waals surface area contributed by atoms with Crippen molar-refractivity contribution in [3.8, 4) is 0 Å². The van der Waals surface area contributed by atoms with Crippen molar-refractivity contribution in [1.82, 2.24) is 4.98 Å². The molecule has 3 rings (SSSR count). The van der Waals surface area contributed by atoms with E-state index in [1.54, 1.807) is 30.5 Å². The molecular formula is C21H20ClN3O. The first-order valence-electron chi connectivity index (χ1n) is 8.52. The molecule has 0 bridgehead atoms. The topological polar surface area (TPSA) is 54.0 Å². The largest absolute Gasteiger partial charge is 0.370 e. The second-order valence-corrected chi connectivity index (χ2v) is 6.29. The first-order chi connectivity index (χ1) is 12.7. The number of amides is 1. The molecule has 0 aliphatic carbocycles. The second-order valence-electron chi connectivity index (χ2n) is 5.88. The molecule has 0 aliphatic heterocycles. The zero-order valence-corrected chi connectivity index (χ0v) is 15.0. The number of anilines is 2. The number of carbonyl (C=O) groups is 1. The van der Waals surface area contributed by atoms with Crippen molar-refractivity contribution in [1.29, 1.82) is 0 Å². The van der Waals surface area contributed by atoms with Gasteiger partial charge in [0, 0.05) is 6.54 Å². The maximum absolute atomic E-state index is 12.2. The Labute approximate surface area is 158 Å². The first-order valence-corrected chi connectivity index (χ1v) is 8.90. The lowest BCUT2D eigenvalue weighted by molar-refractivity contribution is 0.102. The van der Waals surface area contributed by atoms with Gasteiger partial charge in [-0.2, -0.15) is 0 Å². The summed E-state index contributed by atoms with van der Waals surface area (Å²) in [4.78, 5) is 16.6. The van der Waals surface area contributed by atoms with Crippen LogP contribution in [0.1, 0.15) is 22.3 Å². The van der Waals surface area contributed by atoms with Gasteiger partial charge in [-0.1, -0.05) is 54.1 Å². The van der Waals surface area contributed by atoms with E-state index >= 15 is 0 Å². The quantitative estimate of drug-likeness (QED) is 0.577. The van der Waals surface area contributed by atoms with Crippen LogP contribution in [0.25, 0.3) is 0 Å². The molecule has 0 saturated heterocycles. The van der Waals surface area contributed by atoms with Crippen molar-refractivity contribution in [3.63, 3.8) is 0 Å². The number of nitrogens with one attached hydrogen (secondary N) is 2. The Morgan fingerprint density at radius 1 is 0.962 bits per heavy atom. The number of rotatable bonds is 7. The van der Waals surface area contributed by atoms with Crippen molar-refractivity contribution < 1.29 is 4.79 Å². The summed E-state index contributed by atoms with van der Waals surface area (Å²) in [5.41, 5.74) is 2.40. The number of pyridine rings is 1. The molecule has 0 fully saturated rings. The average Bonchev–Trinajstić information content (AvgIpc) is 2.67. The summed E-state index contributed by atoms with van der Waals surface area (Å²) in [6.07, 6.45) is 3.69. The van der Waals surface area contributed by atoms with Crippen LogP contribution >= 0.6 is 11.6 Å². The smallest absolute Gasteiger partial charge is 0.257 e. The van der Waals surface area contributed by atoms with Gasteiger partial charge in [-0.15, -0.1) is 0 Å². The van der Waals surface area contributed by atoms with E-state index in [9.17, 15) is 4.79 Å². The fourth-order valence-electron chi connectivity index (χ4n) is 2.57. The number of nitrogens with zero attached hydrogens (tertiary/aromatic N) is 1. The third-order valence-corrected chi connectivity index (χ3v) is 4.26. The predicted molar refractivity (Wildman–Crippen MR) is 107 cm³/mol. The van der Waals surface area contributed by atoms with E-state index in [2.05, 4.69) is 39.9 Å². The minimum absolute atomic E-state index is 0.249. The van der Waals surface area contributed by atoms with Crippen LogP contribution in [0.15, 0.2) is 72.9 Å². The van der Waals surface area contributed by atoms with Gasteiger partial charge < -0.3 is 10.6 Å². The highest BCUT2D eigenvalue weighted by molar-refractivity contribution is 6.34. The fraction of sp³-hybridized carbons (Fsp3) is 0.143. The number of aryl methyl sites for hydroxylation is 1. The van der Waals surface area contributed by atoms with Crippen LogP contribution in [0.4, 0.5) is 11.5 Å². The molecule has 5 heteroatoms. The summed E-state index contributed by atoms with van der Waals surface area (Å²) in [5, 5.41) is 6.52. The molecule has 132 valence electrons. The molecule has 3 aromatic rings. The van der Waals surface area contributed by atoms with Gasteiger partial charge in [-0.3, -0.25) is 4.79 Å². The van der Waals surface area contributed by atoms with Gasteiger partial charge in [0.2, 0.25) is 0 Å². The maximum atomic E-state index is 12.2. The average molecular weight is 366 g/mol. The van der Waals surface area contributed by atoms with E-state index in [-0.39, 0.29) is 5.91 Å². The van der Waals surface area contributed by atoms with Crippen LogP contribution in [0.5, 0.6) is 0 Å². The Bertz CT molecular complexity index is 851. The van der Waals surface area contributed by atoms with Crippen molar-refractivity contribution in [2.24, 2.45) is 0 Å². The summed E-state index contributed by atoms with van der Waals surface area (Å²) in [6, 6.07) is 21.0. The van der Waals surface area contributed by atoms with Gasteiger partial charge in [0.25, 0.3) is 5.91 Å². The highest BCUT2D eigenvalue weighted by Gasteiger charge is 2.09. The van der Waals surface area contributed by atoms with Gasteiger partial charge >= 0.3 is 0 Å². The molecule has 0 radical (unpaired) electrons. The van der Waals surface area contributed by atoms with Gasteiger partial charge in [0.1, 0.15) is 5.82 Å². The van der Waals surface area contributed by atoms with Crippen molar-refractivity contribution in [3.05, 3.63) is 89.1 Å². The minimum atomic E-state index is -0.249. The van der Waals surface area contributed by atoms with Crippen molar-refractivity contribution >= 4 is 29.0 Å². The van der Waals surface area contributed by atoms with Crippen molar-refractivity contribution in [2.75, 3.05) is 17.2 Å². The third kappa shape index (κ3) is 5.07. The Morgan fingerprint density at radius 2 is 1.73 bits per heavy atom. The molecule has 0 unspecified atom stereocenters. The number of aromatic nitrogens is 1. The number of hydrogen-bond acceptors (Lipinski definition) is 3. The lowest BCUT2D eigenvalue weighted by atomic mass is 10.1. The van der Waals surface area contributed by atoms with E-state index in [4.69, 9.17) is 11.6 Å². The van der Waals surface area contributed by atoms with E-state index in [1.165, 1.54) is 5.56 Å². The summed E-state index contributed by atoms with van der Waals surface area (Å²) in [6.45, 7) is 0.840. The number of hydrogen-bond donors (Lipinski definition) is 2. The molecular weight excluding hydrogens is 346 g/mol. The normalized spacial score (nSPS) is 10.3. The van der Waals surface area contributed by atoms with E-state index < -0.39 is 0 Å². The van der Waals surface area contributed by atoms with Crippen LogP contribution < -0.4 is 10.6 Å². The first kappa shape index (κ1) is 18.0. The highest BCUT2D eigenvalue weighted by atomic mass is 35.5. The summed E-state index contributed by atoms with van der Waals surface area (Å²) in [5.74, 6) is 0.537. The molecule has 0 aliphatic rings. The predicted octanol–water partition coefficient (Wildman–Crippen LogP) is 5.03. The molecule has 26 heavy (non-hydrogen) atoms. The lowest BCUT2D eigenvalue weighted by Gasteiger charge is -2.08. The van der Waals surface area contributed by atoms with Crippen LogP contribution in [0.3, 0.4) is 0 Å². The van der Waals surface area contributed by atoms with Gasteiger partial charge in [-0.05, 0) is 42.7 Å². The maximum Gasteiger partial charge on any atom is 0.257 e. The number of benzene rings is 2. The summed E-state index contributed by atoms with van der Waals surface area (Å²) < 4.78 is 0. The zero-order valence-electron chi connectivity index (χ0n) is 14.3. The highest BCUT2D eigenvalue weighted by Crippen LogP contribution is 2.17. The Hall–Kier alpha value is -2.85. The monoisotopic (exact) mass is 365 g/mol. The summed E-state index contributed by atoms with van der Waals surface area (Å²) in [7, 11) is 0. The Morgan fingerprint density at radius 3 is 2.46 bits per heavy atom. The van der Waals surface area contributed by atoms with Crippen LogP contribution in [0.2, 0.25) is 5.02 Å². The fourth-order valence-corrected chi connectivity index (χ4v) is 2.79. The lowest BCUT2D eigenvalue weighted by Crippen LogP contribution is -2.12. The molecule has 4 nitrogen and oxygen atoms in total. The Kier molecular flexibility index (Phi) is 6.23. The molecule has 1 amide bonds. The van der Waals surface area contributed by atoms with Crippen LogP contribution in [0, 0.1) is 0 Å². The molecule has 0 atom stereocenters. The molecule has 0 saturated carbocycles. The van der Waals surface area contributed by atoms with E-state index in [1.807, 2.05) is 18.2 Å². The van der Waals surface area contributed by atoms with E-state index in [0.29, 0.717) is 16.3 Å². The van der Waals surface area contributed by atoms with E-state index in [0.717, 1.165) is 25.2 Å². The molecule has 2 aromatic carbocycles. The SMILES string of the molecule is O=C(Nc1ccc(NCCCc2ccccc2)nc1)c1ccccc1Cl. The zero-order chi connectivity index (χ0) is 18.2. The standard InChI is InChI=1S/C21H20ClN3O/c22-19-11-5-4-10-18(19)21(26)25-17-12-13-20(24-15-17)23-14-6-9-16-7-2-1-3-8-16/h1-5,7-8,10-13,15H,6,9,14H2,(H,23,24)(H,25,26). The molecule has 2 N–H and O–H groups in total. The molecule has 0 spiro atoms. The Balaban J connectivity index is 1.47. The van der Waals surface area contributed by atoms with Gasteiger partial charge in [-0.25, -0.2) is 4.98 Å². The second kappa shape index (κ2) is 9.02. The van der Waals surface area contributed by atoms with Crippen LogP contribution in [-0.4, -0.2) is 17.4 Å². The third-order valence-electron chi connectivity index (χ3n) is 3.93.